The van der Waals surface area contributed by atoms with E-state index in [0.29, 0.717) is 12.1 Å². The first-order valence-electron chi connectivity index (χ1n) is 2.75. The summed E-state index contributed by atoms with van der Waals surface area (Å²) in [7, 11) is 0. The van der Waals surface area contributed by atoms with Crippen molar-refractivity contribution in [2.45, 2.75) is 6.54 Å². The number of hydrogen-bond donors (Lipinski definition) is 2. The average Bonchev–Trinajstić information content (AvgIpc) is 2.33. The highest BCUT2D eigenvalue weighted by molar-refractivity contribution is 7.10. The number of hydrogen-bond acceptors (Lipinski definition) is 3. The molecule has 0 saturated carbocycles. The lowest BCUT2D eigenvalue weighted by Crippen LogP contribution is -2.02. The first-order chi connectivity index (χ1) is 4.75. The zero-order valence-electron chi connectivity index (χ0n) is 5.61. The minimum atomic E-state index is -0.901. The molecule has 0 aromatic carbocycles. The third-order valence-electron chi connectivity index (χ3n) is 1.16. The second-order valence-corrected chi connectivity index (χ2v) is 2.77. The lowest BCUT2D eigenvalue weighted by Gasteiger charge is -1.91. The van der Waals surface area contributed by atoms with Crippen LogP contribution in [0.5, 0.6) is 0 Å². The van der Waals surface area contributed by atoms with Crippen molar-refractivity contribution in [2.24, 2.45) is 5.73 Å². The molecule has 0 aliphatic carbocycles. The van der Waals surface area contributed by atoms with Gasteiger partial charge in [-0.15, -0.1) is 23.7 Å². The molecular weight excluding hydrogens is 186 g/mol. The molecule has 0 radical (unpaired) electrons. The molecule has 62 valence electrons. The van der Waals surface area contributed by atoms with Gasteiger partial charge in [0.25, 0.3) is 0 Å². The van der Waals surface area contributed by atoms with Crippen LogP contribution in [0.4, 0.5) is 0 Å². The summed E-state index contributed by atoms with van der Waals surface area (Å²) in [5.41, 5.74) is 5.61. The molecule has 0 amide bonds. The molecule has 0 aliphatic rings. The molecule has 0 saturated heterocycles. The zero-order valence-corrected chi connectivity index (χ0v) is 7.24. The Labute approximate surface area is 74.3 Å². The highest BCUT2D eigenvalue weighted by Gasteiger charge is 2.08. The third-order valence-corrected chi connectivity index (χ3v) is 2.10. The number of carbonyl (C=O) groups is 1. The predicted molar refractivity (Wildman–Crippen MR) is 46.4 cm³/mol. The van der Waals surface area contributed by atoms with Gasteiger partial charge < -0.3 is 10.8 Å². The Morgan fingerprint density at radius 1 is 1.73 bits per heavy atom. The summed E-state index contributed by atoms with van der Waals surface area (Å²) in [6.45, 7) is 0.305. The highest BCUT2D eigenvalue weighted by atomic mass is 35.5. The number of rotatable bonds is 2. The summed E-state index contributed by atoms with van der Waals surface area (Å²) in [6.07, 6.45) is 0. The number of carboxylic acids is 1. The summed E-state index contributed by atoms with van der Waals surface area (Å²) >= 11 is 1.37. The van der Waals surface area contributed by atoms with Crippen LogP contribution in [0, 0.1) is 0 Å². The van der Waals surface area contributed by atoms with Crippen LogP contribution in [0.15, 0.2) is 11.4 Å². The van der Waals surface area contributed by atoms with Gasteiger partial charge in [0.1, 0.15) is 0 Å². The lowest BCUT2D eigenvalue weighted by molar-refractivity contribution is 0.0696. The van der Waals surface area contributed by atoms with Crippen molar-refractivity contribution in [1.82, 2.24) is 0 Å². The van der Waals surface area contributed by atoms with Gasteiger partial charge in [-0.05, 0) is 11.4 Å². The highest BCUT2D eigenvalue weighted by Crippen LogP contribution is 2.15. The lowest BCUT2D eigenvalue weighted by atomic mass is 10.2. The van der Waals surface area contributed by atoms with Crippen LogP contribution in [0.1, 0.15) is 15.2 Å². The SMILES string of the molecule is Cl.NCc1sccc1C(=O)O. The number of halogens is 1. The molecule has 3 nitrogen and oxygen atoms in total. The topological polar surface area (TPSA) is 63.3 Å². The maximum atomic E-state index is 10.4. The van der Waals surface area contributed by atoms with Gasteiger partial charge in [-0.3, -0.25) is 0 Å². The minimum Gasteiger partial charge on any atom is -0.478 e. The van der Waals surface area contributed by atoms with E-state index in [0.717, 1.165) is 4.88 Å². The second-order valence-electron chi connectivity index (χ2n) is 1.77. The Balaban J connectivity index is 0.000001000. The normalized spacial score (nSPS) is 8.82. The molecule has 5 heteroatoms. The van der Waals surface area contributed by atoms with E-state index >= 15 is 0 Å². The molecule has 0 bridgehead atoms. The predicted octanol–water partition coefficient (Wildman–Crippen LogP) is 1.33. The fraction of sp³-hybridized carbons (Fsp3) is 0.167. The van der Waals surface area contributed by atoms with E-state index in [2.05, 4.69) is 0 Å². The van der Waals surface area contributed by atoms with Crippen molar-refractivity contribution in [3.05, 3.63) is 21.9 Å². The van der Waals surface area contributed by atoms with Crippen LogP contribution in [0.25, 0.3) is 0 Å². The Morgan fingerprint density at radius 3 is 2.73 bits per heavy atom. The largest absolute Gasteiger partial charge is 0.478 e. The van der Waals surface area contributed by atoms with Crippen molar-refractivity contribution in [3.63, 3.8) is 0 Å². The monoisotopic (exact) mass is 193 g/mol. The van der Waals surface area contributed by atoms with Gasteiger partial charge in [-0.2, -0.15) is 0 Å². The van der Waals surface area contributed by atoms with E-state index in [4.69, 9.17) is 10.8 Å². The smallest absolute Gasteiger partial charge is 0.336 e. The zero-order chi connectivity index (χ0) is 7.56. The van der Waals surface area contributed by atoms with Gasteiger partial charge in [-0.25, -0.2) is 4.79 Å². The Morgan fingerprint density at radius 2 is 2.36 bits per heavy atom. The van der Waals surface area contributed by atoms with Crippen molar-refractivity contribution >= 4 is 29.7 Å². The van der Waals surface area contributed by atoms with E-state index in [1.165, 1.54) is 11.3 Å². The number of carboxylic acid groups (broad SMARTS) is 1. The minimum absolute atomic E-state index is 0. The number of nitrogens with two attached hydrogens (primary N) is 1. The first-order valence-corrected chi connectivity index (χ1v) is 3.63. The summed E-state index contributed by atoms with van der Waals surface area (Å²) in [5, 5.41) is 10.3. The van der Waals surface area contributed by atoms with E-state index in [9.17, 15) is 4.79 Å². The quantitative estimate of drug-likeness (QED) is 0.745. The van der Waals surface area contributed by atoms with Crippen LogP contribution in [0.2, 0.25) is 0 Å². The summed E-state index contributed by atoms with van der Waals surface area (Å²) < 4.78 is 0. The van der Waals surface area contributed by atoms with E-state index < -0.39 is 5.97 Å². The summed E-state index contributed by atoms with van der Waals surface area (Å²) in [5.74, 6) is -0.901. The molecule has 1 rings (SSSR count). The Hall–Kier alpha value is -0.580. The fourth-order valence-electron chi connectivity index (χ4n) is 0.689. The maximum Gasteiger partial charge on any atom is 0.336 e. The van der Waals surface area contributed by atoms with Gasteiger partial charge >= 0.3 is 5.97 Å². The van der Waals surface area contributed by atoms with Gasteiger partial charge in [0.05, 0.1) is 5.56 Å². The number of aromatic carboxylic acids is 1. The Bertz CT molecular complexity index is 248. The Kier molecular flexibility index (Phi) is 4.10. The first kappa shape index (κ1) is 10.4. The summed E-state index contributed by atoms with van der Waals surface area (Å²) in [6, 6.07) is 1.56. The average molecular weight is 194 g/mol. The molecule has 0 unspecified atom stereocenters. The second kappa shape index (κ2) is 4.33. The van der Waals surface area contributed by atoms with Gasteiger partial charge in [0.15, 0.2) is 0 Å². The van der Waals surface area contributed by atoms with Crippen LogP contribution in [-0.2, 0) is 6.54 Å². The molecule has 1 aromatic heterocycles. The molecule has 0 spiro atoms. The third kappa shape index (κ3) is 2.18. The molecule has 0 atom stereocenters. The molecule has 1 aromatic rings. The molecule has 0 aliphatic heterocycles. The van der Waals surface area contributed by atoms with Crippen molar-refractivity contribution < 1.29 is 9.90 Å². The maximum absolute atomic E-state index is 10.4. The van der Waals surface area contributed by atoms with Crippen molar-refractivity contribution in [1.29, 1.82) is 0 Å². The van der Waals surface area contributed by atoms with Gasteiger partial charge in [0.2, 0.25) is 0 Å². The van der Waals surface area contributed by atoms with Crippen LogP contribution < -0.4 is 5.73 Å². The van der Waals surface area contributed by atoms with E-state index in [1.807, 2.05) is 0 Å². The molecular formula is C6H8ClNO2S. The standard InChI is InChI=1S/C6H7NO2S.ClH/c7-3-5-4(6(8)9)1-2-10-5;/h1-2H,3,7H2,(H,8,9);1H. The van der Waals surface area contributed by atoms with Crippen LogP contribution >= 0.6 is 23.7 Å². The van der Waals surface area contributed by atoms with Crippen molar-refractivity contribution in [3.8, 4) is 0 Å². The van der Waals surface area contributed by atoms with E-state index in [1.54, 1.807) is 11.4 Å². The van der Waals surface area contributed by atoms with E-state index in [-0.39, 0.29) is 12.4 Å². The molecule has 0 fully saturated rings. The number of thiophene rings is 1. The van der Waals surface area contributed by atoms with Crippen LogP contribution in [0.3, 0.4) is 0 Å². The molecule has 3 N–H and O–H groups in total. The summed E-state index contributed by atoms with van der Waals surface area (Å²) in [4.78, 5) is 11.1. The van der Waals surface area contributed by atoms with Gasteiger partial charge in [0, 0.05) is 11.4 Å². The molecule has 11 heavy (non-hydrogen) atoms. The van der Waals surface area contributed by atoms with Gasteiger partial charge in [-0.1, -0.05) is 0 Å². The molecule has 1 heterocycles. The van der Waals surface area contributed by atoms with Crippen molar-refractivity contribution in [2.75, 3.05) is 0 Å². The van der Waals surface area contributed by atoms with Crippen LogP contribution in [-0.4, -0.2) is 11.1 Å². The fourth-order valence-corrected chi connectivity index (χ4v) is 1.44.